The van der Waals surface area contributed by atoms with Gasteiger partial charge in [-0.25, -0.2) is 0 Å². The first kappa shape index (κ1) is 25.1. The van der Waals surface area contributed by atoms with Crippen molar-refractivity contribution in [3.05, 3.63) is 175 Å². The molecule has 0 aliphatic heterocycles. The first-order chi connectivity index (χ1) is 19.3. The molecule has 0 saturated carbocycles. The van der Waals surface area contributed by atoms with Crippen LogP contribution in [0.3, 0.4) is 0 Å². The first-order valence-electron chi connectivity index (χ1n) is 13.7. The molecule has 0 amide bonds. The lowest BCUT2D eigenvalue weighted by atomic mass is 10.2. The summed E-state index contributed by atoms with van der Waals surface area (Å²) < 4.78 is 0. The average Bonchev–Trinajstić information content (AvgIpc) is 3.01. The van der Waals surface area contributed by atoms with Crippen LogP contribution in [-0.4, -0.2) is 16.9 Å². The molecular formula is C37H32Si2. The average molecular weight is 533 g/mol. The zero-order valence-electron chi connectivity index (χ0n) is 22.2. The molecular weight excluding hydrogens is 501 g/mol. The lowest BCUT2D eigenvalue weighted by molar-refractivity contribution is 1.50. The normalized spacial score (nSPS) is 11.4. The van der Waals surface area contributed by atoms with Crippen molar-refractivity contribution in [2.24, 2.45) is 0 Å². The summed E-state index contributed by atoms with van der Waals surface area (Å²) in [5.74, 6) is 0. The zero-order chi connectivity index (χ0) is 26.5. The molecule has 6 rings (SSSR count). The predicted octanol–water partition coefficient (Wildman–Crippen LogP) is 3.62. The van der Waals surface area contributed by atoms with Gasteiger partial charge in [-0.05, 0) is 27.7 Å². The van der Waals surface area contributed by atoms with E-state index < -0.39 is 16.9 Å². The van der Waals surface area contributed by atoms with E-state index in [2.05, 4.69) is 177 Å². The van der Waals surface area contributed by atoms with E-state index in [-0.39, 0.29) is 0 Å². The molecule has 0 aliphatic rings. The van der Waals surface area contributed by atoms with Gasteiger partial charge >= 0.3 is 0 Å². The summed E-state index contributed by atoms with van der Waals surface area (Å²) >= 11 is 0. The number of hydrogen-bond acceptors (Lipinski definition) is 0. The van der Waals surface area contributed by atoms with Crippen molar-refractivity contribution in [3.8, 4) is 0 Å². The van der Waals surface area contributed by atoms with Gasteiger partial charge < -0.3 is 0 Å². The molecule has 0 bridgehead atoms. The van der Waals surface area contributed by atoms with Crippen molar-refractivity contribution in [2.45, 2.75) is 6.92 Å². The minimum absolute atomic E-state index is 1.35. The fraction of sp³-hybridized carbons (Fsp3) is 0.0270. The topological polar surface area (TPSA) is 0 Å². The van der Waals surface area contributed by atoms with E-state index in [9.17, 15) is 0 Å². The third-order valence-electron chi connectivity index (χ3n) is 7.90. The second kappa shape index (κ2) is 11.2. The van der Waals surface area contributed by atoms with Crippen LogP contribution in [0.2, 0.25) is 0 Å². The summed E-state index contributed by atoms with van der Waals surface area (Å²) in [6.07, 6.45) is 0. The molecule has 0 saturated heterocycles. The van der Waals surface area contributed by atoms with Crippen molar-refractivity contribution in [1.29, 1.82) is 0 Å². The number of hydrogen-bond donors (Lipinski definition) is 0. The van der Waals surface area contributed by atoms with Crippen LogP contribution < -0.4 is 36.3 Å². The van der Waals surface area contributed by atoms with Gasteiger partial charge in [0, 0.05) is 0 Å². The van der Waals surface area contributed by atoms with Crippen LogP contribution in [0.4, 0.5) is 0 Å². The maximum Gasteiger partial charge on any atom is 0.179 e. The van der Waals surface area contributed by atoms with Gasteiger partial charge in [0.1, 0.15) is 8.80 Å². The van der Waals surface area contributed by atoms with E-state index >= 15 is 0 Å². The van der Waals surface area contributed by atoms with E-state index in [1.54, 1.807) is 0 Å². The minimum atomic E-state index is -2.68. The van der Waals surface area contributed by atoms with E-state index in [0.29, 0.717) is 0 Å². The van der Waals surface area contributed by atoms with Crippen LogP contribution in [0, 0.1) is 6.92 Å². The molecule has 0 spiro atoms. The Balaban J connectivity index is 1.76. The van der Waals surface area contributed by atoms with Crippen LogP contribution in [0.15, 0.2) is 170 Å². The number of rotatable bonds is 7. The standard InChI is InChI=1S/C37H32Si2/c1-30-18-14-16-28-36(30)39(33-23-10-4-11-24-33,34-25-12-5-13-26-34)37-29-17-15-27-35(37)38(31-19-6-2-7-20-31)32-21-8-3-9-22-32/h2-29,38H,1H3. The largest absolute Gasteiger partial charge is 0.179 e. The fourth-order valence-corrected chi connectivity index (χ4v) is 15.5. The molecule has 0 unspecified atom stereocenters. The highest BCUT2D eigenvalue weighted by molar-refractivity contribution is 7.22. The van der Waals surface area contributed by atoms with Gasteiger partial charge in [0.25, 0.3) is 0 Å². The predicted molar refractivity (Wildman–Crippen MR) is 174 cm³/mol. The highest BCUT2D eigenvalue weighted by Gasteiger charge is 2.44. The van der Waals surface area contributed by atoms with Gasteiger partial charge in [0.2, 0.25) is 0 Å². The SMILES string of the molecule is Cc1ccccc1[Si](c1ccccc1)(c1ccccc1)c1ccccc1[SiH](c1ccccc1)c1ccccc1. The zero-order valence-corrected chi connectivity index (χ0v) is 24.4. The Morgan fingerprint density at radius 2 is 0.769 bits per heavy atom. The second-order valence-electron chi connectivity index (χ2n) is 10.1. The monoisotopic (exact) mass is 532 g/mol. The van der Waals surface area contributed by atoms with Gasteiger partial charge in [-0.1, -0.05) is 191 Å². The Morgan fingerprint density at radius 3 is 1.26 bits per heavy atom. The van der Waals surface area contributed by atoms with Crippen molar-refractivity contribution >= 4 is 53.2 Å². The second-order valence-corrected chi connectivity index (χ2v) is 16.7. The van der Waals surface area contributed by atoms with Gasteiger partial charge in [0.15, 0.2) is 8.07 Å². The van der Waals surface area contributed by atoms with E-state index in [1.165, 1.54) is 41.9 Å². The summed E-state index contributed by atoms with van der Waals surface area (Å²) in [7, 11) is -4.48. The third kappa shape index (κ3) is 4.63. The van der Waals surface area contributed by atoms with Crippen LogP contribution >= 0.6 is 0 Å². The molecule has 0 atom stereocenters. The molecule has 0 nitrogen and oxygen atoms in total. The van der Waals surface area contributed by atoms with E-state index in [4.69, 9.17) is 0 Å². The minimum Gasteiger partial charge on any atom is -0.0626 e. The summed E-state index contributed by atoms with van der Waals surface area (Å²) in [6.45, 7) is 2.29. The molecule has 0 aromatic heterocycles. The first-order valence-corrected chi connectivity index (χ1v) is 17.4. The summed E-state index contributed by atoms with van der Waals surface area (Å²) in [5, 5.41) is 10.2. The van der Waals surface area contributed by atoms with Gasteiger partial charge in [0.05, 0.1) is 0 Å². The Bertz CT molecular complexity index is 1570. The summed E-state index contributed by atoms with van der Waals surface area (Å²) in [5.41, 5.74) is 1.35. The Morgan fingerprint density at radius 1 is 0.385 bits per heavy atom. The van der Waals surface area contributed by atoms with E-state index in [1.807, 2.05) is 0 Å². The Hall–Kier alpha value is -4.25. The summed E-state index contributed by atoms with van der Waals surface area (Å²) in [6, 6.07) is 63.4. The summed E-state index contributed by atoms with van der Waals surface area (Å²) in [4.78, 5) is 0. The van der Waals surface area contributed by atoms with Crippen molar-refractivity contribution < 1.29 is 0 Å². The molecule has 0 N–H and O–H groups in total. The highest BCUT2D eigenvalue weighted by atomic mass is 28.3. The van der Waals surface area contributed by atoms with Crippen molar-refractivity contribution in [3.63, 3.8) is 0 Å². The molecule has 0 aliphatic carbocycles. The fourth-order valence-electron chi connectivity index (χ4n) is 6.24. The quantitative estimate of drug-likeness (QED) is 0.218. The molecule has 39 heavy (non-hydrogen) atoms. The maximum absolute atomic E-state index is 2.68. The third-order valence-corrected chi connectivity index (χ3v) is 16.5. The lowest BCUT2D eigenvalue weighted by Gasteiger charge is -2.38. The Kier molecular flexibility index (Phi) is 7.22. The number of benzene rings is 6. The van der Waals surface area contributed by atoms with Crippen LogP contribution in [0.5, 0.6) is 0 Å². The molecule has 0 radical (unpaired) electrons. The highest BCUT2D eigenvalue weighted by Crippen LogP contribution is 2.12. The smallest absolute Gasteiger partial charge is 0.0626 e. The maximum atomic E-state index is 2.44. The lowest BCUT2D eigenvalue weighted by Crippen LogP contribution is -2.79. The van der Waals surface area contributed by atoms with Gasteiger partial charge in [-0.3, -0.25) is 0 Å². The van der Waals surface area contributed by atoms with Crippen LogP contribution in [0.25, 0.3) is 0 Å². The van der Waals surface area contributed by atoms with Crippen LogP contribution in [0.1, 0.15) is 5.56 Å². The Labute approximate surface area is 234 Å². The molecule has 0 fully saturated rings. The molecule has 6 aromatic carbocycles. The molecule has 2 heteroatoms. The van der Waals surface area contributed by atoms with Crippen molar-refractivity contribution in [2.75, 3.05) is 0 Å². The van der Waals surface area contributed by atoms with E-state index in [0.717, 1.165) is 0 Å². The van der Waals surface area contributed by atoms with Gasteiger partial charge in [-0.15, -0.1) is 0 Å². The molecule has 0 heterocycles. The van der Waals surface area contributed by atoms with Crippen molar-refractivity contribution in [1.82, 2.24) is 0 Å². The van der Waals surface area contributed by atoms with Gasteiger partial charge in [-0.2, -0.15) is 0 Å². The van der Waals surface area contributed by atoms with Crippen LogP contribution in [-0.2, 0) is 0 Å². The molecule has 188 valence electrons. The molecule has 6 aromatic rings. The number of aryl methyl sites for hydroxylation is 1.